The molecule has 0 spiro atoms. The molecule has 0 heterocycles. The summed E-state index contributed by atoms with van der Waals surface area (Å²) in [6.07, 6.45) is 6.77. The molecule has 2 rings (SSSR count). The van der Waals surface area contributed by atoms with Gasteiger partial charge in [0.2, 0.25) is 0 Å². The third kappa shape index (κ3) is 3.79. The fraction of sp³-hybridized carbons (Fsp3) is 0.600. The van der Waals surface area contributed by atoms with Crippen molar-refractivity contribution in [3.8, 4) is 0 Å². The minimum absolute atomic E-state index is 0.166. The smallest absolute Gasteiger partial charge is 0.123 e. The van der Waals surface area contributed by atoms with Gasteiger partial charge in [-0.3, -0.25) is 0 Å². The Hall–Kier alpha value is -0.410. The number of hydrogen-bond acceptors (Lipinski definition) is 1. The molecule has 1 nitrogen and oxygen atoms in total. The molecule has 100 valence electrons. The first-order chi connectivity index (χ1) is 8.66. The predicted molar refractivity (Wildman–Crippen MR) is 77.0 cm³/mol. The Morgan fingerprint density at radius 2 is 2.06 bits per heavy atom. The van der Waals surface area contributed by atoms with Gasteiger partial charge < -0.3 is 5.32 Å². The zero-order valence-corrected chi connectivity index (χ0v) is 12.5. The first-order valence-electron chi connectivity index (χ1n) is 6.84. The Morgan fingerprint density at radius 1 is 1.33 bits per heavy atom. The highest BCUT2D eigenvalue weighted by atomic mass is 79.9. The van der Waals surface area contributed by atoms with Crippen molar-refractivity contribution < 1.29 is 4.39 Å². The van der Waals surface area contributed by atoms with Gasteiger partial charge >= 0.3 is 0 Å². The molecular formula is C15H21BrFN. The van der Waals surface area contributed by atoms with Gasteiger partial charge in [-0.2, -0.15) is 0 Å². The molecule has 1 aliphatic carbocycles. The van der Waals surface area contributed by atoms with Gasteiger partial charge in [-0.1, -0.05) is 35.2 Å². The van der Waals surface area contributed by atoms with Crippen LogP contribution in [0.25, 0.3) is 0 Å². The fourth-order valence-electron chi connectivity index (χ4n) is 2.75. The van der Waals surface area contributed by atoms with Crippen LogP contribution >= 0.6 is 15.9 Å². The average Bonchev–Trinajstić information content (AvgIpc) is 2.40. The van der Waals surface area contributed by atoms with Crippen LogP contribution in [0.1, 0.15) is 44.6 Å². The number of rotatable bonds is 4. The summed E-state index contributed by atoms with van der Waals surface area (Å²) in [7, 11) is 0. The summed E-state index contributed by atoms with van der Waals surface area (Å²) in [6.45, 7) is 2.99. The number of halogens is 2. The van der Waals surface area contributed by atoms with Crippen molar-refractivity contribution in [2.75, 3.05) is 0 Å². The third-order valence-corrected chi connectivity index (χ3v) is 4.75. The molecule has 1 aromatic carbocycles. The summed E-state index contributed by atoms with van der Waals surface area (Å²) < 4.78 is 14.2. The number of nitrogens with one attached hydrogen (secondary N) is 1. The minimum atomic E-state index is -0.166. The lowest BCUT2D eigenvalue weighted by molar-refractivity contribution is 0.280. The molecule has 0 bridgehead atoms. The first-order valence-corrected chi connectivity index (χ1v) is 7.63. The van der Waals surface area contributed by atoms with Crippen molar-refractivity contribution >= 4 is 15.9 Å². The van der Waals surface area contributed by atoms with E-state index in [0.717, 1.165) is 22.5 Å². The van der Waals surface area contributed by atoms with E-state index in [1.165, 1.54) is 38.2 Å². The molecule has 0 aliphatic heterocycles. The Kier molecular flexibility index (Phi) is 5.19. The van der Waals surface area contributed by atoms with Gasteiger partial charge in [-0.05, 0) is 49.4 Å². The van der Waals surface area contributed by atoms with Gasteiger partial charge in [0.25, 0.3) is 0 Å². The standard InChI is InChI=1S/C15H21BrFN/c1-11(12-5-3-2-4-6-12)18-10-13-9-14(17)7-8-15(13)16/h7-9,11-12,18H,2-6,10H2,1H3/t11-/m0/s1. The monoisotopic (exact) mass is 313 g/mol. The van der Waals surface area contributed by atoms with Gasteiger partial charge in [-0.15, -0.1) is 0 Å². The second-order valence-corrected chi connectivity index (χ2v) is 6.16. The lowest BCUT2D eigenvalue weighted by atomic mass is 9.84. The van der Waals surface area contributed by atoms with E-state index in [1.807, 2.05) is 0 Å². The lowest BCUT2D eigenvalue weighted by Crippen LogP contribution is -2.34. The molecule has 0 saturated heterocycles. The van der Waals surface area contributed by atoms with Crippen LogP contribution < -0.4 is 5.32 Å². The van der Waals surface area contributed by atoms with Crippen LogP contribution in [0.4, 0.5) is 4.39 Å². The van der Waals surface area contributed by atoms with E-state index in [0.29, 0.717) is 6.04 Å². The minimum Gasteiger partial charge on any atom is -0.310 e. The molecule has 1 N–H and O–H groups in total. The van der Waals surface area contributed by atoms with Crippen LogP contribution in [0.2, 0.25) is 0 Å². The average molecular weight is 314 g/mol. The van der Waals surface area contributed by atoms with Gasteiger partial charge in [0, 0.05) is 17.1 Å². The Balaban J connectivity index is 1.88. The second kappa shape index (κ2) is 6.67. The highest BCUT2D eigenvalue weighted by Crippen LogP contribution is 2.26. The maximum absolute atomic E-state index is 13.2. The zero-order valence-electron chi connectivity index (χ0n) is 10.9. The predicted octanol–water partition coefficient (Wildman–Crippen LogP) is 4.65. The Bertz CT molecular complexity index is 388. The normalized spacial score (nSPS) is 18.8. The van der Waals surface area contributed by atoms with Crippen LogP contribution in [-0.2, 0) is 6.54 Å². The Labute approximate surface area is 117 Å². The highest BCUT2D eigenvalue weighted by molar-refractivity contribution is 9.10. The van der Waals surface area contributed by atoms with E-state index in [4.69, 9.17) is 0 Å². The van der Waals surface area contributed by atoms with Crippen molar-refractivity contribution in [1.82, 2.24) is 5.32 Å². The van der Waals surface area contributed by atoms with Crippen molar-refractivity contribution in [2.24, 2.45) is 5.92 Å². The van der Waals surface area contributed by atoms with Crippen LogP contribution in [-0.4, -0.2) is 6.04 Å². The van der Waals surface area contributed by atoms with Crippen LogP contribution in [0, 0.1) is 11.7 Å². The molecule has 18 heavy (non-hydrogen) atoms. The van der Waals surface area contributed by atoms with Crippen molar-refractivity contribution in [3.63, 3.8) is 0 Å². The SMILES string of the molecule is C[C@H](NCc1cc(F)ccc1Br)C1CCCCC1. The zero-order chi connectivity index (χ0) is 13.0. The largest absolute Gasteiger partial charge is 0.310 e. The fourth-order valence-corrected chi connectivity index (χ4v) is 3.14. The molecule has 1 saturated carbocycles. The third-order valence-electron chi connectivity index (χ3n) is 3.98. The molecule has 1 atom stereocenters. The van der Waals surface area contributed by atoms with Crippen molar-refractivity contribution in [2.45, 2.75) is 51.6 Å². The Morgan fingerprint density at radius 3 is 2.78 bits per heavy atom. The van der Waals surface area contributed by atoms with Crippen LogP contribution in [0.15, 0.2) is 22.7 Å². The molecule has 0 radical (unpaired) electrons. The molecule has 1 aromatic rings. The molecule has 0 amide bonds. The maximum Gasteiger partial charge on any atom is 0.123 e. The highest BCUT2D eigenvalue weighted by Gasteiger charge is 2.19. The summed E-state index contributed by atoms with van der Waals surface area (Å²) in [5.41, 5.74) is 0.998. The second-order valence-electron chi connectivity index (χ2n) is 5.30. The van der Waals surface area contributed by atoms with E-state index in [2.05, 4.69) is 28.2 Å². The lowest BCUT2D eigenvalue weighted by Gasteiger charge is -2.28. The molecule has 3 heteroatoms. The van der Waals surface area contributed by atoms with E-state index >= 15 is 0 Å². The molecule has 0 aromatic heterocycles. The number of benzene rings is 1. The molecule has 1 aliphatic rings. The first kappa shape index (κ1) is 14.0. The van der Waals surface area contributed by atoms with E-state index in [1.54, 1.807) is 12.1 Å². The number of hydrogen-bond donors (Lipinski definition) is 1. The van der Waals surface area contributed by atoms with Gasteiger partial charge in [0.1, 0.15) is 5.82 Å². The van der Waals surface area contributed by atoms with Gasteiger partial charge in [0.15, 0.2) is 0 Å². The topological polar surface area (TPSA) is 12.0 Å². The molecular weight excluding hydrogens is 293 g/mol. The van der Waals surface area contributed by atoms with E-state index in [9.17, 15) is 4.39 Å². The summed E-state index contributed by atoms with van der Waals surface area (Å²) in [5, 5.41) is 3.54. The van der Waals surface area contributed by atoms with Crippen molar-refractivity contribution in [1.29, 1.82) is 0 Å². The molecule has 0 unspecified atom stereocenters. The van der Waals surface area contributed by atoms with E-state index in [-0.39, 0.29) is 5.82 Å². The molecule has 1 fully saturated rings. The van der Waals surface area contributed by atoms with Crippen LogP contribution in [0.3, 0.4) is 0 Å². The summed E-state index contributed by atoms with van der Waals surface area (Å²) in [5.74, 6) is 0.617. The van der Waals surface area contributed by atoms with Gasteiger partial charge in [0.05, 0.1) is 0 Å². The quantitative estimate of drug-likeness (QED) is 0.853. The summed E-state index contributed by atoms with van der Waals surface area (Å²) >= 11 is 3.47. The van der Waals surface area contributed by atoms with E-state index < -0.39 is 0 Å². The van der Waals surface area contributed by atoms with Gasteiger partial charge in [-0.25, -0.2) is 4.39 Å². The summed E-state index contributed by atoms with van der Waals surface area (Å²) in [4.78, 5) is 0. The maximum atomic E-state index is 13.2. The van der Waals surface area contributed by atoms with Crippen molar-refractivity contribution in [3.05, 3.63) is 34.1 Å². The summed E-state index contributed by atoms with van der Waals surface area (Å²) in [6, 6.07) is 5.38. The van der Waals surface area contributed by atoms with Crippen LogP contribution in [0.5, 0.6) is 0 Å².